The molecule has 0 aromatic heterocycles. The molecule has 1 aromatic carbocycles. The van der Waals surface area contributed by atoms with E-state index in [2.05, 4.69) is 50.9 Å². The van der Waals surface area contributed by atoms with Crippen molar-refractivity contribution in [3.8, 4) is 5.75 Å². The van der Waals surface area contributed by atoms with E-state index in [1.54, 1.807) is 0 Å². The van der Waals surface area contributed by atoms with Gasteiger partial charge in [-0.05, 0) is 68.9 Å². The van der Waals surface area contributed by atoms with Gasteiger partial charge in [-0.25, -0.2) is 0 Å². The summed E-state index contributed by atoms with van der Waals surface area (Å²) in [5.74, 6) is 0.896. The maximum Gasteiger partial charge on any atom is 0.147 e. The molecule has 0 heterocycles. The van der Waals surface area contributed by atoms with Gasteiger partial charge in [0.1, 0.15) is 5.75 Å². The SMILES string of the molecule is CCCCCCOc1c(Br)cc(CCN)cc1Br. The Morgan fingerprint density at radius 2 is 1.78 bits per heavy atom. The van der Waals surface area contributed by atoms with E-state index in [1.807, 2.05) is 0 Å². The normalized spacial score (nSPS) is 10.7. The Bertz CT molecular complexity index is 346. The van der Waals surface area contributed by atoms with Gasteiger partial charge in [-0.1, -0.05) is 26.2 Å². The standard InChI is InChI=1S/C14H21Br2NO/c1-2-3-4-5-8-18-14-12(15)9-11(6-7-17)10-13(14)16/h9-10H,2-8,17H2,1H3. The summed E-state index contributed by atoms with van der Waals surface area (Å²) < 4.78 is 7.81. The van der Waals surface area contributed by atoms with Crippen molar-refractivity contribution in [3.63, 3.8) is 0 Å². The summed E-state index contributed by atoms with van der Waals surface area (Å²) in [4.78, 5) is 0. The monoisotopic (exact) mass is 377 g/mol. The first-order valence-electron chi connectivity index (χ1n) is 6.49. The first-order chi connectivity index (χ1) is 8.69. The van der Waals surface area contributed by atoms with Gasteiger partial charge in [0.15, 0.2) is 0 Å². The Balaban J connectivity index is 2.54. The highest BCUT2D eigenvalue weighted by Crippen LogP contribution is 2.35. The van der Waals surface area contributed by atoms with E-state index in [0.717, 1.165) is 34.1 Å². The van der Waals surface area contributed by atoms with Gasteiger partial charge in [-0.15, -0.1) is 0 Å². The highest BCUT2D eigenvalue weighted by molar-refractivity contribution is 9.11. The summed E-state index contributed by atoms with van der Waals surface area (Å²) in [5, 5.41) is 0. The van der Waals surface area contributed by atoms with Gasteiger partial charge < -0.3 is 10.5 Å². The van der Waals surface area contributed by atoms with Crippen LogP contribution in [0.25, 0.3) is 0 Å². The van der Waals surface area contributed by atoms with Crippen LogP contribution in [0.5, 0.6) is 5.75 Å². The molecule has 0 aliphatic carbocycles. The molecule has 2 N–H and O–H groups in total. The topological polar surface area (TPSA) is 35.2 Å². The van der Waals surface area contributed by atoms with Crippen molar-refractivity contribution in [2.45, 2.75) is 39.0 Å². The third kappa shape index (κ3) is 5.29. The molecule has 0 saturated heterocycles. The lowest BCUT2D eigenvalue weighted by Gasteiger charge is -2.12. The average Bonchev–Trinajstić information content (AvgIpc) is 2.32. The fourth-order valence-electron chi connectivity index (χ4n) is 1.76. The van der Waals surface area contributed by atoms with Crippen molar-refractivity contribution in [3.05, 3.63) is 26.6 Å². The first-order valence-corrected chi connectivity index (χ1v) is 8.08. The zero-order chi connectivity index (χ0) is 13.4. The Hall–Kier alpha value is -0.0600. The number of unbranched alkanes of at least 4 members (excludes halogenated alkanes) is 3. The minimum atomic E-state index is 0.663. The molecule has 0 saturated carbocycles. The summed E-state index contributed by atoms with van der Waals surface area (Å²) >= 11 is 7.11. The summed E-state index contributed by atoms with van der Waals surface area (Å²) in [6.07, 6.45) is 5.75. The van der Waals surface area contributed by atoms with Crippen molar-refractivity contribution >= 4 is 31.9 Å². The minimum absolute atomic E-state index is 0.663. The Labute approximate surface area is 127 Å². The second-order valence-corrected chi connectivity index (χ2v) is 6.05. The molecular weight excluding hydrogens is 358 g/mol. The Kier molecular flexibility index (Phi) is 7.95. The van der Waals surface area contributed by atoms with Crippen LogP contribution in [0.15, 0.2) is 21.1 Å². The number of hydrogen-bond acceptors (Lipinski definition) is 2. The molecule has 102 valence electrons. The molecule has 1 rings (SSSR count). The maximum atomic E-state index is 5.82. The van der Waals surface area contributed by atoms with Gasteiger partial charge in [0, 0.05) is 0 Å². The highest BCUT2D eigenvalue weighted by Gasteiger charge is 2.08. The largest absolute Gasteiger partial charge is 0.491 e. The van der Waals surface area contributed by atoms with Crippen LogP contribution >= 0.6 is 31.9 Å². The molecule has 18 heavy (non-hydrogen) atoms. The van der Waals surface area contributed by atoms with Gasteiger partial charge in [-0.2, -0.15) is 0 Å². The summed E-state index contributed by atoms with van der Waals surface area (Å²) in [7, 11) is 0. The molecule has 0 radical (unpaired) electrons. The second-order valence-electron chi connectivity index (χ2n) is 4.34. The van der Waals surface area contributed by atoms with E-state index in [4.69, 9.17) is 10.5 Å². The molecular formula is C14H21Br2NO. The van der Waals surface area contributed by atoms with E-state index in [-0.39, 0.29) is 0 Å². The predicted octanol–water partition coefficient (Wildman–Crippen LogP) is 4.67. The lowest BCUT2D eigenvalue weighted by atomic mass is 10.1. The van der Waals surface area contributed by atoms with Crippen molar-refractivity contribution in [2.24, 2.45) is 5.73 Å². The molecule has 0 unspecified atom stereocenters. The Morgan fingerprint density at radius 3 is 2.33 bits per heavy atom. The number of rotatable bonds is 8. The van der Waals surface area contributed by atoms with Crippen molar-refractivity contribution < 1.29 is 4.74 Å². The number of nitrogens with two attached hydrogens (primary N) is 1. The zero-order valence-electron chi connectivity index (χ0n) is 10.8. The quantitative estimate of drug-likeness (QED) is 0.667. The van der Waals surface area contributed by atoms with Gasteiger partial charge >= 0.3 is 0 Å². The lowest BCUT2D eigenvalue weighted by Crippen LogP contribution is -2.04. The molecule has 0 aliphatic rings. The van der Waals surface area contributed by atoms with Crippen molar-refractivity contribution in [1.82, 2.24) is 0 Å². The zero-order valence-corrected chi connectivity index (χ0v) is 14.0. The van der Waals surface area contributed by atoms with E-state index in [9.17, 15) is 0 Å². The summed E-state index contributed by atoms with van der Waals surface area (Å²) in [5.41, 5.74) is 6.78. The molecule has 0 bridgehead atoms. The van der Waals surface area contributed by atoms with E-state index >= 15 is 0 Å². The number of benzene rings is 1. The van der Waals surface area contributed by atoms with Gasteiger partial charge in [0.05, 0.1) is 15.6 Å². The molecule has 1 aromatic rings. The smallest absolute Gasteiger partial charge is 0.147 e. The van der Waals surface area contributed by atoms with Gasteiger partial charge in [-0.3, -0.25) is 0 Å². The van der Waals surface area contributed by atoms with Crippen LogP contribution in [0, 0.1) is 0 Å². The molecule has 4 heteroatoms. The third-order valence-electron chi connectivity index (χ3n) is 2.74. The van der Waals surface area contributed by atoms with Crippen LogP contribution in [-0.4, -0.2) is 13.2 Å². The van der Waals surface area contributed by atoms with E-state index in [0.29, 0.717) is 6.54 Å². The van der Waals surface area contributed by atoms with Crippen molar-refractivity contribution in [1.29, 1.82) is 0 Å². The number of halogens is 2. The summed E-state index contributed by atoms with van der Waals surface area (Å²) in [6.45, 7) is 3.65. The molecule has 0 amide bonds. The molecule has 2 nitrogen and oxygen atoms in total. The number of hydrogen-bond donors (Lipinski definition) is 1. The fraction of sp³-hybridized carbons (Fsp3) is 0.571. The maximum absolute atomic E-state index is 5.82. The highest BCUT2D eigenvalue weighted by atomic mass is 79.9. The van der Waals surface area contributed by atoms with Crippen LogP contribution in [0.3, 0.4) is 0 Å². The molecule has 0 atom stereocenters. The van der Waals surface area contributed by atoms with Crippen molar-refractivity contribution in [2.75, 3.05) is 13.2 Å². The van der Waals surface area contributed by atoms with Gasteiger partial charge in [0.2, 0.25) is 0 Å². The minimum Gasteiger partial charge on any atom is -0.491 e. The lowest BCUT2D eigenvalue weighted by molar-refractivity contribution is 0.301. The van der Waals surface area contributed by atoms with Crippen LogP contribution in [0.2, 0.25) is 0 Å². The Morgan fingerprint density at radius 1 is 1.11 bits per heavy atom. The van der Waals surface area contributed by atoms with E-state index in [1.165, 1.54) is 24.8 Å². The van der Waals surface area contributed by atoms with Gasteiger partial charge in [0.25, 0.3) is 0 Å². The average molecular weight is 379 g/mol. The molecule has 0 fully saturated rings. The van der Waals surface area contributed by atoms with E-state index < -0.39 is 0 Å². The summed E-state index contributed by atoms with van der Waals surface area (Å²) in [6, 6.07) is 4.16. The molecule has 0 aliphatic heterocycles. The predicted molar refractivity (Wildman–Crippen MR) is 84.2 cm³/mol. The number of ether oxygens (including phenoxy) is 1. The van der Waals surface area contributed by atoms with Crippen LogP contribution in [0.4, 0.5) is 0 Å². The fourth-order valence-corrected chi connectivity index (χ4v) is 3.27. The third-order valence-corrected chi connectivity index (χ3v) is 3.91. The second kappa shape index (κ2) is 8.94. The first kappa shape index (κ1) is 16.0. The van der Waals surface area contributed by atoms with Crippen LogP contribution in [-0.2, 0) is 6.42 Å². The van der Waals surface area contributed by atoms with Crippen LogP contribution in [0.1, 0.15) is 38.2 Å². The van der Waals surface area contributed by atoms with Crippen LogP contribution < -0.4 is 10.5 Å². The molecule has 0 spiro atoms.